The van der Waals surface area contributed by atoms with Crippen LogP contribution in [0.3, 0.4) is 0 Å². The molecular formula is C25H26BrNO2. The number of aryl methyl sites for hydroxylation is 1. The summed E-state index contributed by atoms with van der Waals surface area (Å²) in [6, 6.07) is 26.3. The molecule has 0 aliphatic carbocycles. The molecule has 0 aliphatic heterocycles. The molecule has 3 aromatic rings. The van der Waals surface area contributed by atoms with Crippen molar-refractivity contribution < 1.29 is 9.53 Å². The van der Waals surface area contributed by atoms with Gasteiger partial charge in [-0.3, -0.25) is 4.79 Å². The van der Waals surface area contributed by atoms with Crippen LogP contribution >= 0.6 is 15.9 Å². The molecule has 0 aromatic heterocycles. The Morgan fingerprint density at radius 1 is 0.931 bits per heavy atom. The molecule has 0 radical (unpaired) electrons. The number of carbonyl (C=O) groups is 1. The van der Waals surface area contributed by atoms with E-state index < -0.39 is 0 Å². The lowest BCUT2D eigenvalue weighted by atomic mass is 10.1. The van der Waals surface area contributed by atoms with E-state index in [-0.39, 0.29) is 5.91 Å². The highest BCUT2D eigenvalue weighted by molar-refractivity contribution is 9.10. The van der Waals surface area contributed by atoms with Gasteiger partial charge in [0.05, 0.1) is 18.8 Å². The summed E-state index contributed by atoms with van der Waals surface area (Å²) < 4.78 is 6.67. The Morgan fingerprint density at radius 2 is 1.59 bits per heavy atom. The van der Waals surface area contributed by atoms with E-state index in [1.54, 1.807) is 0 Å². The van der Waals surface area contributed by atoms with Crippen LogP contribution in [0.4, 0.5) is 5.69 Å². The SMILES string of the molecule is Cc1ccc(N(Cc2ccccc2)C(=O)CCCOCc2ccccc2)c(Br)c1. The van der Waals surface area contributed by atoms with Crippen molar-refractivity contribution in [1.82, 2.24) is 0 Å². The molecule has 0 heterocycles. The molecular weight excluding hydrogens is 426 g/mol. The number of hydrogen-bond acceptors (Lipinski definition) is 2. The van der Waals surface area contributed by atoms with Gasteiger partial charge in [-0.25, -0.2) is 0 Å². The van der Waals surface area contributed by atoms with Gasteiger partial charge < -0.3 is 9.64 Å². The maximum Gasteiger partial charge on any atom is 0.227 e. The molecule has 1 amide bonds. The van der Waals surface area contributed by atoms with Crippen LogP contribution in [0, 0.1) is 6.92 Å². The summed E-state index contributed by atoms with van der Waals surface area (Å²) in [5.41, 5.74) is 4.30. The third-order valence-corrected chi connectivity index (χ3v) is 5.30. The molecule has 0 aliphatic rings. The standard InChI is InChI=1S/C25H26BrNO2/c1-20-14-15-24(23(26)17-20)27(18-21-9-4-2-5-10-21)25(28)13-8-16-29-19-22-11-6-3-7-12-22/h2-7,9-12,14-15,17H,8,13,16,18-19H2,1H3. The summed E-state index contributed by atoms with van der Waals surface area (Å²) in [5, 5.41) is 0. The van der Waals surface area contributed by atoms with E-state index >= 15 is 0 Å². The molecule has 3 aromatic carbocycles. The Bertz CT molecular complexity index is 913. The lowest BCUT2D eigenvalue weighted by Gasteiger charge is -2.24. The molecule has 0 saturated heterocycles. The van der Waals surface area contributed by atoms with Crippen molar-refractivity contribution in [2.24, 2.45) is 0 Å². The van der Waals surface area contributed by atoms with Gasteiger partial charge in [-0.2, -0.15) is 0 Å². The summed E-state index contributed by atoms with van der Waals surface area (Å²) >= 11 is 3.63. The number of carbonyl (C=O) groups excluding carboxylic acids is 1. The van der Waals surface area contributed by atoms with Crippen molar-refractivity contribution >= 4 is 27.5 Å². The number of amides is 1. The highest BCUT2D eigenvalue weighted by Gasteiger charge is 2.18. The second-order valence-electron chi connectivity index (χ2n) is 7.06. The van der Waals surface area contributed by atoms with Crippen LogP contribution in [0.25, 0.3) is 0 Å². The minimum absolute atomic E-state index is 0.0988. The van der Waals surface area contributed by atoms with Gasteiger partial charge in [0.1, 0.15) is 0 Å². The first-order chi connectivity index (χ1) is 14.1. The van der Waals surface area contributed by atoms with Gasteiger partial charge in [0.25, 0.3) is 0 Å². The van der Waals surface area contributed by atoms with Crippen LogP contribution in [-0.2, 0) is 22.7 Å². The predicted octanol–water partition coefficient (Wildman–Crippen LogP) is 6.29. The van der Waals surface area contributed by atoms with Gasteiger partial charge >= 0.3 is 0 Å². The normalized spacial score (nSPS) is 10.7. The van der Waals surface area contributed by atoms with Crippen molar-refractivity contribution in [1.29, 1.82) is 0 Å². The van der Waals surface area contributed by atoms with Crippen molar-refractivity contribution in [2.75, 3.05) is 11.5 Å². The van der Waals surface area contributed by atoms with Crippen LogP contribution in [0.2, 0.25) is 0 Å². The summed E-state index contributed by atoms with van der Waals surface area (Å²) in [4.78, 5) is 14.9. The Labute approximate surface area is 181 Å². The second-order valence-corrected chi connectivity index (χ2v) is 7.92. The van der Waals surface area contributed by atoms with Gasteiger partial charge in [-0.15, -0.1) is 0 Å². The van der Waals surface area contributed by atoms with Gasteiger partial charge in [-0.1, -0.05) is 66.7 Å². The molecule has 29 heavy (non-hydrogen) atoms. The Balaban J connectivity index is 1.61. The van der Waals surface area contributed by atoms with Crippen LogP contribution in [0.15, 0.2) is 83.3 Å². The third-order valence-electron chi connectivity index (χ3n) is 4.67. The monoisotopic (exact) mass is 451 g/mol. The van der Waals surface area contributed by atoms with Crippen molar-refractivity contribution in [3.63, 3.8) is 0 Å². The van der Waals surface area contributed by atoms with E-state index in [0.717, 1.165) is 26.9 Å². The number of hydrogen-bond donors (Lipinski definition) is 0. The minimum Gasteiger partial charge on any atom is -0.377 e. The van der Waals surface area contributed by atoms with Crippen molar-refractivity contribution in [2.45, 2.75) is 32.9 Å². The summed E-state index contributed by atoms with van der Waals surface area (Å²) in [6.07, 6.45) is 1.14. The summed E-state index contributed by atoms with van der Waals surface area (Å²) in [7, 11) is 0. The fourth-order valence-corrected chi connectivity index (χ4v) is 3.84. The molecule has 0 fully saturated rings. The van der Waals surface area contributed by atoms with Crippen LogP contribution < -0.4 is 4.90 Å². The molecule has 0 unspecified atom stereocenters. The Kier molecular flexibility index (Phi) is 8.03. The first-order valence-electron chi connectivity index (χ1n) is 9.85. The zero-order valence-corrected chi connectivity index (χ0v) is 18.3. The van der Waals surface area contributed by atoms with E-state index in [2.05, 4.69) is 15.9 Å². The van der Waals surface area contributed by atoms with Crippen molar-refractivity contribution in [3.8, 4) is 0 Å². The van der Waals surface area contributed by atoms with Gasteiger partial charge in [-0.05, 0) is 58.1 Å². The number of ether oxygens (including phenoxy) is 1. The van der Waals surface area contributed by atoms with E-state index in [4.69, 9.17) is 4.74 Å². The molecule has 0 spiro atoms. The van der Waals surface area contributed by atoms with Crippen LogP contribution in [0.1, 0.15) is 29.5 Å². The fraction of sp³-hybridized carbons (Fsp3) is 0.240. The zero-order valence-electron chi connectivity index (χ0n) is 16.7. The smallest absolute Gasteiger partial charge is 0.227 e. The quantitative estimate of drug-likeness (QED) is 0.357. The highest BCUT2D eigenvalue weighted by atomic mass is 79.9. The lowest BCUT2D eigenvalue weighted by Crippen LogP contribution is -2.30. The number of anilines is 1. The van der Waals surface area contributed by atoms with E-state index in [1.165, 1.54) is 0 Å². The van der Waals surface area contributed by atoms with Gasteiger partial charge in [0.2, 0.25) is 5.91 Å². The number of rotatable bonds is 9. The number of halogens is 1. The molecule has 3 nitrogen and oxygen atoms in total. The average molecular weight is 452 g/mol. The fourth-order valence-electron chi connectivity index (χ4n) is 3.13. The predicted molar refractivity (Wildman–Crippen MR) is 122 cm³/mol. The molecule has 3 rings (SSSR count). The van der Waals surface area contributed by atoms with E-state index in [1.807, 2.05) is 90.7 Å². The first-order valence-corrected chi connectivity index (χ1v) is 10.6. The molecule has 0 bridgehead atoms. The molecule has 4 heteroatoms. The van der Waals surface area contributed by atoms with Crippen LogP contribution in [-0.4, -0.2) is 12.5 Å². The maximum absolute atomic E-state index is 13.1. The van der Waals surface area contributed by atoms with E-state index in [9.17, 15) is 4.79 Å². The topological polar surface area (TPSA) is 29.5 Å². The average Bonchev–Trinajstić information content (AvgIpc) is 2.73. The third kappa shape index (κ3) is 6.55. The molecule has 150 valence electrons. The Hall–Kier alpha value is -2.43. The van der Waals surface area contributed by atoms with Crippen molar-refractivity contribution in [3.05, 3.63) is 100 Å². The van der Waals surface area contributed by atoms with Gasteiger partial charge in [0, 0.05) is 17.5 Å². The minimum atomic E-state index is 0.0988. The summed E-state index contributed by atoms with van der Waals surface area (Å²) in [5.74, 6) is 0.0988. The second kappa shape index (κ2) is 10.9. The summed E-state index contributed by atoms with van der Waals surface area (Å²) in [6.45, 7) is 3.73. The largest absolute Gasteiger partial charge is 0.377 e. The van der Waals surface area contributed by atoms with E-state index in [0.29, 0.717) is 32.6 Å². The first kappa shape index (κ1) is 21.3. The molecule has 0 atom stereocenters. The number of benzene rings is 3. The zero-order chi connectivity index (χ0) is 20.5. The number of nitrogens with zero attached hydrogens (tertiary/aromatic N) is 1. The highest BCUT2D eigenvalue weighted by Crippen LogP contribution is 2.29. The van der Waals surface area contributed by atoms with Gasteiger partial charge in [0.15, 0.2) is 0 Å². The molecule has 0 N–H and O–H groups in total. The molecule has 0 saturated carbocycles. The Morgan fingerprint density at radius 3 is 2.24 bits per heavy atom. The lowest BCUT2D eigenvalue weighted by molar-refractivity contribution is -0.119. The maximum atomic E-state index is 13.1. The van der Waals surface area contributed by atoms with Crippen LogP contribution in [0.5, 0.6) is 0 Å².